The van der Waals surface area contributed by atoms with Gasteiger partial charge in [0.25, 0.3) is 0 Å². The van der Waals surface area contributed by atoms with Crippen molar-refractivity contribution in [3.8, 4) is 0 Å². The van der Waals surface area contributed by atoms with Crippen LogP contribution < -0.4 is 4.90 Å². The van der Waals surface area contributed by atoms with Crippen molar-refractivity contribution in [1.29, 1.82) is 0 Å². The molecule has 1 aliphatic rings. The van der Waals surface area contributed by atoms with Crippen molar-refractivity contribution in [1.82, 2.24) is 9.97 Å². The molecule has 2 heterocycles. The predicted molar refractivity (Wildman–Crippen MR) is 53.1 cm³/mol. The highest BCUT2D eigenvalue weighted by atomic mass is 35.5. The van der Waals surface area contributed by atoms with E-state index in [1.54, 1.807) is 18.6 Å². The maximum absolute atomic E-state index is 5.80. The summed E-state index contributed by atoms with van der Waals surface area (Å²) in [6.45, 7) is 2.07. The van der Waals surface area contributed by atoms with Crippen molar-refractivity contribution in [2.75, 3.05) is 23.9 Å². The number of alkyl halides is 1. The maximum atomic E-state index is 5.80. The average molecular weight is 198 g/mol. The van der Waals surface area contributed by atoms with Gasteiger partial charge in [-0.2, -0.15) is 0 Å². The van der Waals surface area contributed by atoms with Crippen molar-refractivity contribution in [3.63, 3.8) is 0 Å². The highest BCUT2D eigenvalue weighted by Crippen LogP contribution is 2.21. The second-order valence-corrected chi connectivity index (χ2v) is 3.63. The Bertz CT molecular complexity index is 265. The zero-order chi connectivity index (χ0) is 9.10. The molecule has 0 saturated carbocycles. The Hall–Kier alpha value is -0.830. The lowest BCUT2D eigenvalue weighted by Crippen LogP contribution is -2.21. The molecule has 1 saturated heterocycles. The van der Waals surface area contributed by atoms with Crippen LogP contribution in [0, 0.1) is 5.92 Å². The molecule has 0 amide bonds. The summed E-state index contributed by atoms with van der Waals surface area (Å²) in [6, 6.07) is 0. The van der Waals surface area contributed by atoms with Gasteiger partial charge in [-0.15, -0.1) is 11.6 Å². The molecule has 1 fully saturated rings. The first-order chi connectivity index (χ1) is 6.40. The Labute approximate surface area is 82.8 Å². The third kappa shape index (κ3) is 1.91. The molecule has 4 heteroatoms. The predicted octanol–water partition coefficient (Wildman–Crippen LogP) is 1.54. The van der Waals surface area contributed by atoms with Crippen molar-refractivity contribution in [2.24, 2.45) is 5.92 Å². The lowest BCUT2D eigenvalue weighted by atomic mass is 10.2. The monoisotopic (exact) mass is 197 g/mol. The van der Waals surface area contributed by atoms with Crippen LogP contribution in [0.3, 0.4) is 0 Å². The minimum atomic E-state index is 0.615. The van der Waals surface area contributed by atoms with E-state index in [2.05, 4.69) is 14.9 Å². The SMILES string of the molecule is ClCC1CCN(c2cnccn2)C1. The Morgan fingerprint density at radius 2 is 2.46 bits per heavy atom. The summed E-state index contributed by atoms with van der Waals surface area (Å²) < 4.78 is 0. The topological polar surface area (TPSA) is 29.0 Å². The van der Waals surface area contributed by atoms with Crippen molar-refractivity contribution >= 4 is 17.4 Å². The van der Waals surface area contributed by atoms with Crippen LogP contribution in [0.4, 0.5) is 5.82 Å². The fourth-order valence-corrected chi connectivity index (χ4v) is 1.87. The zero-order valence-corrected chi connectivity index (χ0v) is 8.11. The van der Waals surface area contributed by atoms with Gasteiger partial charge in [-0.25, -0.2) is 4.98 Å². The number of anilines is 1. The normalized spacial score (nSPS) is 22.2. The molecule has 0 spiro atoms. The summed E-state index contributed by atoms with van der Waals surface area (Å²) >= 11 is 5.80. The molecule has 0 N–H and O–H groups in total. The fourth-order valence-electron chi connectivity index (χ4n) is 1.62. The Morgan fingerprint density at radius 1 is 1.54 bits per heavy atom. The third-order valence-corrected chi connectivity index (χ3v) is 2.81. The van der Waals surface area contributed by atoms with E-state index in [9.17, 15) is 0 Å². The summed E-state index contributed by atoms with van der Waals surface area (Å²) in [5, 5.41) is 0. The molecule has 1 aromatic heterocycles. The molecule has 0 radical (unpaired) electrons. The van der Waals surface area contributed by atoms with Gasteiger partial charge in [-0.05, 0) is 12.3 Å². The van der Waals surface area contributed by atoms with Gasteiger partial charge < -0.3 is 4.90 Å². The van der Waals surface area contributed by atoms with Gasteiger partial charge in [0.1, 0.15) is 5.82 Å². The van der Waals surface area contributed by atoms with Gasteiger partial charge in [0.2, 0.25) is 0 Å². The van der Waals surface area contributed by atoms with E-state index < -0.39 is 0 Å². The molecule has 1 aromatic rings. The van der Waals surface area contributed by atoms with Gasteiger partial charge >= 0.3 is 0 Å². The molecule has 0 aliphatic carbocycles. The first-order valence-electron chi connectivity index (χ1n) is 4.47. The zero-order valence-electron chi connectivity index (χ0n) is 7.36. The molecule has 0 aromatic carbocycles. The smallest absolute Gasteiger partial charge is 0.147 e. The van der Waals surface area contributed by atoms with Gasteiger partial charge in [0.05, 0.1) is 6.20 Å². The standard InChI is InChI=1S/C9H12ClN3/c10-5-8-1-4-13(7-8)9-6-11-2-3-12-9/h2-3,6,8H,1,4-5,7H2. The second-order valence-electron chi connectivity index (χ2n) is 3.32. The number of halogens is 1. The summed E-state index contributed by atoms with van der Waals surface area (Å²) in [4.78, 5) is 10.5. The highest BCUT2D eigenvalue weighted by molar-refractivity contribution is 6.18. The van der Waals surface area contributed by atoms with E-state index in [0.717, 1.165) is 24.8 Å². The van der Waals surface area contributed by atoms with Gasteiger partial charge in [0.15, 0.2) is 0 Å². The molecule has 70 valence electrons. The maximum Gasteiger partial charge on any atom is 0.147 e. The first-order valence-corrected chi connectivity index (χ1v) is 5.00. The molecule has 1 aliphatic heterocycles. The minimum Gasteiger partial charge on any atom is -0.355 e. The second kappa shape index (κ2) is 3.92. The van der Waals surface area contributed by atoms with Crippen LogP contribution in [0.5, 0.6) is 0 Å². The third-order valence-electron chi connectivity index (χ3n) is 2.38. The molecular formula is C9H12ClN3. The van der Waals surface area contributed by atoms with Crippen molar-refractivity contribution < 1.29 is 0 Å². The van der Waals surface area contributed by atoms with Crippen LogP contribution in [0.15, 0.2) is 18.6 Å². The van der Waals surface area contributed by atoms with Crippen LogP contribution in [-0.2, 0) is 0 Å². The first kappa shape index (κ1) is 8.75. The van der Waals surface area contributed by atoms with Crippen molar-refractivity contribution in [2.45, 2.75) is 6.42 Å². The number of rotatable bonds is 2. The van der Waals surface area contributed by atoms with E-state index in [0.29, 0.717) is 5.92 Å². The van der Waals surface area contributed by atoms with Crippen LogP contribution in [0.1, 0.15) is 6.42 Å². The minimum absolute atomic E-state index is 0.615. The van der Waals surface area contributed by atoms with Gasteiger partial charge in [-0.3, -0.25) is 4.98 Å². The molecule has 13 heavy (non-hydrogen) atoms. The summed E-state index contributed by atoms with van der Waals surface area (Å²) in [5.41, 5.74) is 0. The van der Waals surface area contributed by atoms with E-state index in [-0.39, 0.29) is 0 Å². The van der Waals surface area contributed by atoms with Crippen LogP contribution in [-0.4, -0.2) is 28.9 Å². The summed E-state index contributed by atoms with van der Waals surface area (Å²) in [7, 11) is 0. The fraction of sp³-hybridized carbons (Fsp3) is 0.556. The number of hydrogen-bond donors (Lipinski definition) is 0. The Balaban J connectivity index is 2.04. The van der Waals surface area contributed by atoms with Crippen LogP contribution in [0.25, 0.3) is 0 Å². The largest absolute Gasteiger partial charge is 0.355 e. The molecule has 1 atom stereocenters. The van der Waals surface area contributed by atoms with E-state index in [1.165, 1.54) is 6.42 Å². The van der Waals surface area contributed by atoms with E-state index >= 15 is 0 Å². The Kier molecular flexibility index (Phi) is 2.64. The van der Waals surface area contributed by atoms with E-state index in [1.807, 2.05) is 0 Å². The molecule has 2 rings (SSSR count). The average Bonchev–Trinajstić information content (AvgIpc) is 2.67. The summed E-state index contributed by atoms with van der Waals surface area (Å²) in [6.07, 6.45) is 6.39. The van der Waals surface area contributed by atoms with Gasteiger partial charge in [0, 0.05) is 31.4 Å². The quantitative estimate of drug-likeness (QED) is 0.674. The Morgan fingerprint density at radius 3 is 3.08 bits per heavy atom. The van der Waals surface area contributed by atoms with E-state index in [4.69, 9.17) is 11.6 Å². The lowest BCUT2D eigenvalue weighted by molar-refractivity contribution is 0.666. The number of nitrogens with zero attached hydrogens (tertiary/aromatic N) is 3. The van der Waals surface area contributed by atoms with Crippen LogP contribution in [0.2, 0.25) is 0 Å². The lowest BCUT2D eigenvalue weighted by Gasteiger charge is -2.15. The molecule has 1 unspecified atom stereocenters. The number of aromatic nitrogens is 2. The highest BCUT2D eigenvalue weighted by Gasteiger charge is 2.22. The number of hydrogen-bond acceptors (Lipinski definition) is 3. The van der Waals surface area contributed by atoms with Crippen molar-refractivity contribution in [3.05, 3.63) is 18.6 Å². The molecule has 3 nitrogen and oxygen atoms in total. The molecule has 0 bridgehead atoms. The van der Waals surface area contributed by atoms with Crippen LogP contribution >= 0.6 is 11.6 Å². The van der Waals surface area contributed by atoms with Gasteiger partial charge in [-0.1, -0.05) is 0 Å². The summed E-state index contributed by atoms with van der Waals surface area (Å²) in [5.74, 6) is 2.33. The molecular weight excluding hydrogens is 186 g/mol.